The van der Waals surface area contributed by atoms with Crippen LogP contribution in [0, 0.1) is 5.82 Å². The molecule has 0 aliphatic carbocycles. The highest BCUT2D eigenvalue weighted by atomic mass is 19.1. The van der Waals surface area contributed by atoms with Gasteiger partial charge in [-0.05, 0) is 80.9 Å². The van der Waals surface area contributed by atoms with Gasteiger partial charge in [0, 0.05) is 36.8 Å². The number of benzene rings is 3. The molecule has 5 nitrogen and oxygen atoms in total. The second kappa shape index (κ2) is 9.63. The Morgan fingerprint density at radius 3 is 2.12 bits per heavy atom. The van der Waals surface area contributed by atoms with E-state index in [0.717, 1.165) is 32.6 Å². The van der Waals surface area contributed by atoms with Gasteiger partial charge in [0.05, 0.1) is 0 Å². The lowest BCUT2D eigenvalue weighted by Gasteiger charge is -2.23. The molecule has 2 fully saturated rings. The SMILES string of the molecule is O=C(c1ccc(Oc2cccc(Oc3cccc(F)c3)c2)cc1)N1CCC(N2CCCC2)C1. The lowest BCUT2D eigenvalue weighted by atomic mass is 10.2. The monoisotopic (exact) mass is 446 g/mol. The normalized spacial score (nSPS) is 18.5. The Labute approximate surface area is 193 Å². The first-order valence-corrected chi connectivity index (χ1v) is 11.5. The molecular formula is C27H27FN2O3. The zero-order chi connectivity index (χ0) is 22.6. The molecule has 0 radical (unpaired) electrons. The van der Waals surface area contributed by atoms with Gasteiger partial charge in [-0.25, -0.2) is 4.39 Å². The van der Waals surface area contributed by atoms with Crippen molar-refractivity contribution in [2.45, 2.75) is 25.3 Å². The highest BCUT2D eigenvalue weighted by molar-refractivity contribution is 5.94. The molecule has 3 aromatic carbocycles. The first-order valence-electron chi connectivity index (χ1n) is 11.5. The van der Waals surface area contributed by atoms with Crippen molar-refractivity contribution in [3.8, 4) is 23.0 Å². The number of amides is 1. The van der Waals surface area contributed by atoms with E-state index < -0.39 is 0 Å². The molecule has 2 aliphatic heterocycles. The van der Waals surface area contributed by atoms with Gasteiger partial charge in [-0.3, -0.25) is 9.69 Å². The molecule has 0 N–H and O–H groups in total. The number of rotatable bonds is 6. The van der Waals surface area contributed by atoms with Crippen LogP contribution in [0.25, 0.3) is 0 Å². The molecule has 0 aromatic heterocycles. The number of hydrogen-bond acceptors (Lipinski definition) is 4. The van der Waals surface area contributed by atoms with Crippen LogP contribution in [0.15, 0.2) is 72.8 Å². The Balaban J connectivity index is 1.20. The van der Waals surface area contributed by atoms with Gasteiger partial charge >= 0.3 is 0 Å². The summed E-state index contributed by atoms with van der Waals surface area (Å²) >= 11 is 0. The lowest BCUT2D eigenvalue weighted by molar-refractivity contribution is 0.0780. The fraction of sp³-hybridized carbons (Fsp3) is 0.296. The van der Waals surface area contributed by atoms with Crippen LogP contribution in [-0.2, 0) is 0 Å². The van der Waals surface area contributed by atoms with Crippen molar-refractivity contribution in [2.75, 3.05) is 26.2 Å². The fourth-order valence-corrected chi connectivity index (χ4v) is 4.58. The third-order valence-corrected chi connectivity index (χ3v) is 6.28. The smallest absolute Gasteiger partial charge is 0.253 e. The minimum atomic E-state index is -0.352. The molecule has 0 spiro atoms. The maximum atomic E-state index is 13.4. The molecule has 1 unspecified atom stereocenters. The average Bonchev–Trinajstić information content (AvgIpc) is 3.52. The van der Waals surface area contributed by atoms with Crippen molar-refractivity contribution in [3.05, 3.63) is 84.2 Å². The summed E-state index contributed by atoms with van der Waals surface area (Å²) in [6, 6.07) is 20.9. The Morgan fingerprint density at radius 2 is 1.42 bits per heavy atom. The quantitative estimate of drug-likeness (QED) is 0.486. The summed E-state index contributed by atoms with van der Waals surface area (Å²) in [7, 11) is 0. The first kappa shape index (κ1) is 21.5. The summed E-state index contributed by atoms with van der Waals surface area (Å²) in [5.74, 6) is 1.92. The Morgan fingerprint density at radius 1 is 0.788 bits per heavy atom. The number of nitrogens with zero attached hydrogens (tertiary/aromatic N) is 2. The summed E-state index contributed by atoms with van der Waals surface area (Å²) in [5, 5.41) is 0. The predicted octanol–water partition coefficient (Wildman–Crippen LogP) is 5.72. The number of hydrogen-bond donors (Lipinski definition) is 0. The molecular weight excluding hydrogens is 419 g/mol. The Kier molecular flexibility index (Phi) is 6.26. The maximum absolute atomic E-state index is 13.4. The minimum absolute atomic E-state index is 0.0775. The van der Waals surface area contributed by atoms with Crippen LogP contribution in [-0.4, -0.2) is 47.9 Å². The molecule has 2 aliphatic rings. The van der Waals surface area contributed by atoms with Gasteiger partial charge in [-0.1, -0.05) is 12.1 Å². The second-order valence-electron chi connectivity index (χ2n) is 8.60. The van der Waals surface area contributed by atoms with Gasteiger partial charge in [0.2, 0.25) is 0 Å². The minimum Gasteiger partial charge on any atom is -0.457 e. The number of likely N-dealkylation sites (tertiary alicyclic amines) is 2. The molecule has 33 heavy (non-hydrogen) atoms. The van der Waals surface area contributed by atoms with E-state index in [2.05, 4.69) is 4.90 Å². The second-order valence-corrected chi connectivity index (χ2v) is 8.60. The van der Waals surface area contributed by atoms with Crippen LogP contribution >= 0.6 is 0 Å². The largest absolute Gasteiger partial charge is 0.457 e. The van der Waals surface area contributed by atoms with E-state index in [1.807, 2.05) is 29.2 Å². The zero-order valence-electron chi connectivity index (χ0n) is 18.5. The van der Waals surface area contributed by atoms with Crippen molar-refractivity contribution in [1.82, 2.24) is 9.80 Å². The Hall–Kier alpha value is -3.38. The van der Waals surface area contributed by atoms with Crippen LogP contribution in [0.5, 0.6) is 23.0 Å². The molecule has 1 atom stereocenters. The maximum Gasteiger partial charge on any atom is 0.253 e. The summed E-state index contributed by atoms with van der Waals surface area (Å²) in [4.78, 5) is 17.4. The number of carbonyl (C=O) groups is 1. The molecule has 2 saturated heterocycles. The van der Waals surface area contributed by atoms with E-state index in [1.54, 1.807) is 36.4 Å². The fourth-order valence-electron chi connectivity index (χ4n) is 4.58. The topological polar surface area (TPSA) is 42.0 Å². The summed E-state index contributed by atoms with van der Waals surface area (Å²) in [6.07, 6.45) is 3.60. The van der Waals surface area contributed by atoms with E-state index in [-0.39, 0.29) is 11.7 Å². The van der Waals surface area contributed by atoms with Crippen LogP contribution in [0.4, 0.5) is 4.39 Å². The van der Waals surface area contributed by atoms with E-state index in [1.165, 1.54) is 25.0 Å². The molecule has 2 heterocycles. The average molecular weight is 447 g/mol. The van der Waals surface area contributed by atoms with Gasteiger partial charge < -0.3 is 14.4 Å². The van der Waals surface area contributed by atoms with Gasteiger partial charge in [0.1, 0.15) is 28.8 Å². The molecule has 1 amide bonds. The Bertz CT molecular complexity index is 1110. The van der Waals surface area contributed by atoms with Crippen LogP contribution in [0.3, 0.4) is 0 Å². The number of ether oxygens (including phenoxy) is 2. The van der Waals surface area contributed by atoms with Gasteiger partial charge in [-0.15, -0.1) is 0 Å². The number of carbonyl (C=O) groups excluding carboxylic acids is 1. The van der Waals surface area contributed by atoms with Crippen LogP contribution < -0.4 is 9.47 Å². The van der Waals surface area contributed by atoms with E-state index >= 15 is 0 Å². The third kappa shape index (κ3) is 5.17. The van der Waals surface area contributed by atoms with Crippen molar-refractivity contribution in [3.63, 3.8) is 0 Å². The summed E-state index contributed by atoms with van der Waals surface area (Å²) < 4.78 is 25.0. The molecule has 0 bridgehead atoms. The van der Waals surface area contributed by atoms with Crippen molar-refractivity contribution in [2.24, 2.45) is 0 Å². The van der Waals surface area contributed by atoms with E-state index in [0.29, 0.717) is 34.6 Å². The summed E-state index contributed by atoms with van der Waals surface area (Å²) in [6.45, 7) is 3.95. The van der Waals surface area contributed by atoms with E-state index in [4.69, 9.17) is 9.47 Å². The predicted molar refractivity (Wildman–Crippen MR) is 125 cm³/mol. The van der Waals surface area contributed by atoms with Crippen LogP contribution in [0.1, 0.15) is 29.6 Å². The zero-order valence-corrected chi connectivity index (χ0v) is 18.5. The van der Waals surface area contributed by atoms with Crippen molar-refractivity contribution < 1.29 is 18.7 Å². The highest BCUT2D eigenvalue weighted by Crippen LogP contribution is 2.29. The lowest BCUT2D eigenvalue weighted by Crippen LogP contribution is -2.37. The summed E-state index contributed by atoms with van der Waals surface area (Å²) in [5.41, 5.74) is 0.674. The first-order chi connectivity index (χ1) is 16.1. The molecule has 170 valence electrons. The third-order valence-electron chi connectivity index (χ3n) is 6.28. The molecule has 6 heteroatoms. The molecule has 3 aromatic rings. The number of halogens is 1. The van der Waals surface area contributed by atoms with Gasteiger partial charge in [-0.2, -0.15) is 0 Å². The molecule has 0 saturated carbocycles. The standard InChI is InChI=1S/C27H27FN2O3/c28-21-5-3-6-24(17-21)33-26-8-4-7-25(18-26)32-23-11-9-20(10-12-23)27(31)30-16-13-22(19-30)29-14-1-2-15-29/h3-12,17-18,22H,1-2,13-16,19H2. The van der Waals surface area contributed by atoms with Crippen molar-refractivity contribution >= 4 is 5.91 Å². The van der Waals surface area contributed by atoms with Gasteiger partial charge in [0.15, 0.2) is 0 Å². The van der Waals surface area contributed by atoms with Crippen molar-refractivity contribution in [1.29, 1.82) is 0 Å². The van der Waals surface area contributed by atoms with Crippen LogP contribution in [0.2, 0.25) is 0 Å². The van der Waals surface area contributed by atoms with Gasteiger partial charge in [0.25, 0.3) is 5.91 Å². The highest BCUT2D eigenvalue weighted by Gasteiger charge is 2.31. The van der Waals surface area contributed by atoms with E-state index in [9.17, 15) is 9.18 Å². The molecule has 5 rings (SSSR count).